The van der Waals surface area contributed by atoms with Gasteiger partial charge in [0.05, 0.1) is 23.0 Å². The molecule has 1 aliphatic carbocycles. The highest BCUT2D eigenvalue weighted by Crippen LogP contribution is 2.38. The number of carbonyl (C=O) groups excluding carboxylic acids is 4. The van der Waals surface area contributed by atoms with E-state index in [1.165, 1.54) is 0 Å². The Kier molecular flexibility index (Phi) is 5.79. The summed E-state index contributed by atoms with van der Waals surface area (Å²) in [6.45, 7) is 1.74. The highest BCUT2D eigenvalue weighted by molar-refractivity contribution is 6.35. The van der Waals surface area contributed by atoms with Gasteiger partial charge in [0.1, 0.15) is 12.2 Å². The Balaban J connectivity index is 1.86. The van der Waals surface area contributed by atoms with E-state index in [9.17, 15) is 23.6 Å². The molecule has 2 aliphatic rings. The van der Waals surface area contributed by atoms with E-state index < -0.39 is 35.9 Å². The summed E-state index contributed by atoms with van der Waals surface area (Å²) in [5.74, 6) is -3.40. The summed E-state index contributed by atoms with van der Waals surface area (Å²) in [4.78, 5) is 49.4. The van der Waals surface area contributed by atoms with Crippen LogP contribution in [-0.2, 0) is 23.9 Å². The molecule has 0 fully saturated rings. The van der Waals surface area contributed by atoms with E-state index in [2.05, 4.69) is 5.32 Å². The second kappa shape index (κ2) is 8.10. The van der Waals surface area contributed by atoms with Gasteiger partial charge in [0.25, 0.3) is 11.8 Å². The minimum Gasteiger partial charge on any atom is -0.466 e. The number of benzene rings is 1. The number of amides is 3. The van der Waals surface area contributed by atoms with Crippen molar-refractivity contribution >= 4 is 46.7 Å². The van der Waals surface area contributed by atoms with Crippen LogP contribution in [0.5, 0.6) is 0 Å². The van der Waals surface area contributed by atoms with Gasteiger partial charge in [-0.05, 0) is 44.7 Å². The summed E-state index contributed by atoms with van der Waals surface area (Å²) in [6.07, 6.45) is 2.01. The van der Waals surface area contributed by atoms with Gasteiger partial charge in [0, 0.05) is 11.1 Å². The van der Waals surface area contributed by atoms with Crippen LogP contribution in [0.25, 0.3) is 0 Å². The fraction of sp³-hybridized carbons (Fsp3) is 0.368. The van der Waals surface area contributed by atoms with Gasteiger partial charge in [-0.15, -0.1) is 0 Å². The molecule has 0 aromatic heterocycles. The molecule has 1 aliphatic heterocycles. The number of imide groups is 1. The number of hydrogen-bond acceptors (Lipinski definition) is 5. The average molecular weight is 409 g/mol. The number of ether oxygens (including phenoxy) is 1. The van der Waals surface area contributed by atoms with Gasteiger partial charge in [0.15, 0.2) is 0 Å². The number of nitrogens with one attached hydrogen (secondary N) is 1. The van der Waals surface area contributed by atoms with Gasteiger partial charge >= 0.3 is 5.97 Å². The number of halogens is 2. The molecule has 0 atom stereocenters. The quantitative estimate of drug-likeness (QED) is 0.459. The van der Waals surface area contributed by atoms with Crippen LogP contribution >= 0.6 is 11.6 Å². The fourth-order valence-electron chi connectivity index (χ4n) is 3.30. The Labute approximate surface area is 165 Å². The molecule has 9 heteroatoms. The van der Waals surface area contributed by atoms with Gasteiger partial charge < -0.3 is 10.1 Å². The zero-order chi connectivity index (χ0) is 20.4. The van der Waals surface area contributed by atoms with Crippen molar-refractivity contribution in [2.75, 3.05) is 16.8 Å². The molecule has 0 saturated carbocycles. The predicted octanol–water partition coefficient (Wildman–Crippen LogP) is 3.11. The number of rotatable bonds is 5. The van der Waals surface area contributed by atoms with Gasteiger partial charge in [-0.2, -0.15) is 0 Å². The zero-order valence-corrected chi connectivity index (χ0v) is 15.9. The molecule has 0 bridgehead atoms. The summed E-state index contributed by atoms with van der Waals surface area (Å²) in [5, 5.41) is 2.25. The SMILES string of the molecule is CCOC(=O)CC(=O)Nc1cc(N2C(=O)C3=C(CCCC3)C2=O)c(F)cc1Cl. The Morgan fingerprint density at radius 1 is 1.18 bits per heavy atom. The molecule has 0 spiro atoms. The van der Waals surface area contributed by atoms with E-state index in [1.807, 2.05) is 0 Å². The average Bonchev–Trinajstić information content (AvgIpc) is 2.89. The molecule has 1 aromatic rings. The lowest BCUT2D eigenvalue weighted by Crippen LogP contribution is -2.32. The van der Waals surface area contributed by atoms with E-state index >= 15 is 0 Å². The highest BCUT2D eigenvalue weighted by Gasteiger charge is 2.41. The predicted molar refractivity (Wildman–Crippen MR) is 99.3 cm³/mol. The van der Waals surface area contributed by atoms with Crippen LogP contribution in [-0.4, -0.2) is 30.3 Å². The number of anilines is 2. The molecule has 1 heterocycles. The number of carbonyl (C=O) groups is 4. The van der Waals surface area contributed by atoms with E-state index in [0.717, 1.165) is 29.9 Å². The van der Waals surface area contributed by atoms with Gasteiger partial charge in [-0.1, -0.05) is 11.6 Å². The lowest BCUT2D eigenvalue weighted by atomic mass is 9.93. The molecule has 0 saturated heterocycles. The number of hydrogen-bond donors (Lipinski definition) is 1. The normalized spacial score (nSPS) is 16.3. The first kappa shape index (κ1) is 20.0. The molecule has 3 rings (SSSR count). The van der Waals surface area contributed by atoms with Crippen molar-refractivity contribution in [2.24, 2.45) is 0 Å². The molecule has 1 aromatic carbocycles. The summed E-state index contributed by atoms with van der Waals surface area (Å²) >= 11 is 5.97. The van der Waals surface area contributed by atoms with Gasteiger partial charge in [-0.25, -0.2) is 9.29 Å². The first-order valence-electron chi connectivity index (χ1n) is 8.88. The summed E-state index contributed by atoms with van der Waals surface area (Å²) in [7, 11) is 0. The standard InChI is InChI=1S/C19H18ClFN2O5/c1-2-28-17(25)9-16(24)22-14-8-15(13(21)7-12(14)20)23-18(26)10-5-3-4-6-11(10)19(23)27/h7-8H,2-6,9H2,1H3,(H,22,24). The van der Waals surface area contributed by atoms with Crippen LogP contribution in [0.1, 0.15) is 39.0 Å². The number of esters is 1. The fourth-order valence-corrected chi connectivity index (χ4v) is 3.50. The number of nitrogens with zero attached hydrogens (tertiary/aromatic N) is 1. The van der Waals surface area contributed by atoms with E-state index in [4.69, 9.17) is 16.3 Å². The van der Waals surface area contributed by atoms with Crippen LogP contribution in [0.2, 0.25) is 5.02 Å². The molecular formula is C19H18ClFN2O5. The van der Waals surface area contributed by atoms with Crippen LogP contribution in [0.4, 0.5) is 15.8 Å². The molecule has 148 valence electrons. The largest absolute Gasteiger partial charge is 0.466 e. The van der Waals surface area contributed by atoms with Crippen molar-refractivity contribution in [3.63, 3.8) is 0 Å². The van der Waals surface area contributed by atoms with E-state index in [1.54, 1.807) is 6.92 Å². The topological polar surface area (TPSA) is 92.8 Å². The van der Waals surface area contributed by atoms with Crippen LogP contribution in [0.3, 0.4) is 0 Å². The van der Waals surface area contributed by atoms with Crippen molar-refractivity contribution in [3.05, 3.63) is 34.1 Å². The smallest absolute Gasteiger partial charge is 0.315 e. The van der Waals surface area contributed by atoms with Crippen LogP contribution in [0.15, 0.2) is 23.3 Å². The first-order valence-corrected chi connectivity index (χ1v) is 9.26. The Morgan fingerprint density at radius 3 is 2.36 bits per heavy atom. The van der Waals surface area contributed by atoms with Gasteiger partial charge in [0.2, 0.25) is 5.91 Å². The zero-order valence-electron chi connectivity index (χ0n) is 15.1. The Bertz CT molecular complexity index is 884. The van der Waals surface area contributed by atoms with Crippen molar-refractivity contribution in [1.29, 1.82) is 0 Å². The second-order valence-electron chi connectivity index (χ2n) is 6.42. The van der Waals surface area contributed by atoms with Crippen molar-refractivity contribution < 1.29 is 28.3 Å². The minimum atomic E-state index is -0.866. The lowest BCUT2D eigenvalue weighted by Gasteiger charge is -2.18. The van der Waals surface area contributed by atoms with E-state index in [0.29, 0.717) is 24.0 Å². The highest BCUT2D eigenvalue weighted by atomic mass is 35.5. The third-order valence-electron chi connectivity index (χ3n) is 4.55. The van der Waals surface area contributed by atoms with Crippen molar-refractivity contribution in [1.82, 2.24) is 0 Å². The molecule has 1 N–H and O–H groups in total. The molecule has 0 unspecified atom stereocenters. The second-order valence-corrected chi connectivity index (χ2v) is 6.83. The minimum absolute atomic E-state index is 0.0159. The third-order valence-corrected chi connectivity index (χ3v) is 4.86. The lowest BCUT2D eigenvalue weighted by molar-refractivity contribution is -0.145. The monoisotopic (exact) mass is 408 g/mol. The van der Waals surface area contributed by atoms with E-state index in [-0.39, 0.29) is 23.0 Å². The molecule has 7 nitrogen and oxygen atoms in total. The third kappa shape index (κ3) is 3.77. The van der Waals surface area contributed by atoms with Crippen LogP contribution < -0.4 is 10.2 Å². The summed E-state index contributed by atoms with van der Waals surface area (Å²) in [6, 6.07) is 2.03. The molecule has 0 radical (unpaired) electrons. The Morgan fingerprint density at radius 2 is 1.79 bits per heavy atom. The molecule has 28 heavy (non-hydrogen) atoms. The molecule has 3 amide bonds. The maximum Gasteiger partial charge on any atom is 0.315 e. The van der Waals surface area contributed by atoms with Crippen molar-refractivity contribution in [2.45, 2.75) is 39.0 Å². The summed E-state index contributed by atoms with van der Waals surface area (Å²) in [5.41, 5.74) is 0.523. The summed E-state index contributed by atoms with van der Waals surface area (Å²) < 4.78 is 19.2. The first-order chi connectivity index (χ1) is 13.3. The van der Waals surface area contributed by atoms with Gasteiger partial charge in [-0.3, -0.25) is 19.2 Å². The molecular weight excluding hydrogens is 391 g/mol. The van der Waals surface area contributed by atoms with Crippen LogP contribution in [0, 0.1) is 5.82 Å². The van der Waals surface area contributed by atoms with Crippen molar-refractivity contribution in [3.8, 4) is 0 Å². The maximum absolute atomic E-state index is 14.5. The Hall–Kier alpha value is -2.74. The maximum atomic E-state index is 14.5.